The number of rotatable bonds is 6. The van der Waals surface area contributed by atoms with Gasteiger partial charge in [-0.2, -0.15) is 0 Å². The number of urea groups is 1. The number of hydrogen-bond acceptors (Lipinski definition) is 7. The zero-order valence-electron chi connectivity index (χ0n) is 16.1. The number of aliphatic carboxylic acids is 1. The summed E-state index contributed by atoms with van der Waals surface area (Å²) in [5.74, 6) is -2.12. The standard InChI is InChI=1S/C21H18N2O7/c1-12(20(26)27)30-16-7-3-13(4-8-16)11-17-18(24)22-21(28)23(19(17)25)14-5-9-15(29-2)10-6-14/h3-12H,1-2H3,(H,26,27)(H,22,24,28)/p-1/b17-11+/t12-/m1/s1. The topological polar surface area (TPSA) is 125 Å². The summed E-state index contributed by atoms with van der Waals surface area (Å²) in [6, 6.07) is 11.4. The Morgan fingerprint density at radius 3 is 2.20 bits per heavy atom. The van der Waals surface area contributed by atoms with E-state index in [0.717, 1.165) is 4.90 Å². The van der Waals surface area contributed by atoms with Gasteiger partial charge in [0.25, 0.3) is 11.8 Å². The van der Waals surface area contributed by atoms with Crippen LogP contribution in [0.25, 0.3) is 6.08 Å². The van der Waals surface area contributed by atoms with E-state index in [-0.39, 0.29) is 17.0 Å². The molecule has 0 spiro atoms. The molecule has 0 aliphatic carbocycles. The highest BCUT2D eigenvalue weighted by molar-refractivity contribution is 6.39. The lowest BCUT2D eigenvalue weighted by molar-refractivity contribution is -0.312. The van der Waals surface area contributed by atoms with Crippen LogP contribution in [0.15, 0.2) is 54.1 Å². The molecule has 1 fully saturated rings. The van der Waals surface area contributed by atoms with Gasteiger partial charge in [0.15, 0.2) is 0 Å². The van der Waals surface area contributed by atoms with E-state index in [4.69, 9.17) is 9.47 Å². The number of carbonyl (C=O) groups excluding carboxylic acids is 4. The van der Waals surface area contributed by atoms with E-state index in [0.29, 0.717) is 11.3 Å². The van der Waals surface area contributed by atoms with E-state index in [1.165, 1.54) is 44.4 Å². The highest BCUT2D eigenvalue weighted by Crippen LogP contribution is 2.24. The van der Waals surface area contributed by atoms with Gasteiger partial charge in [0.05, 0.1) is 18.8 Å². The summed E-state index contributed by atoms with van der Waals surface area (Å²) in [6.45, 7) is 1.33. The smallest absolute Gasteiger partial charge is 0.335 e. The third-order valence-corrected chi connectivity index (χ3v) is 4.27. The van der Waals surface area contributed by atoms with Crippen molar-refractivity contribution in [3.05, 3.63) is 59.7 Å². The summed E-state index contributed by atoms with van der Waals surface area (Å²) in [4.78, 5) is 48.9. The number of nitrogens with zero attached hydrogens (tertiary/aromatic N) is 1. The van der Waals surface area contributed by atoms with Gasteiger partial charge < -0.3 is 19.4 Å². The number of carboxylic acids is 1. The number of imide groups is 2. The zero-order valence-corrected chi connectivity index (χ0v) is 16.1. The molecule has 9 nitrogen and oxygen atoms in total. The lowest BCUT2D eigenvalue weighted by Gasteiger charge is -2.26. The Balaban J connectivity index is 1.85. The molecular formula is C21H17N2O7-. The Bertz CT molecular complexity index is 1030. The van der Waals surface area contributed by atoms with Crippen molar-refractivity contribution in [3.63, 3.8) is 0 Å². The number of hydrogen-bond donors (Lipinski definition) is 1. The van der Waals surface area contributed by atoms with Gasteiger partial charge in [0, 0.05) is 0 Å². The number of carbonyl (C=O) groups is 4. The molecule has 0 unspecified atom stereocenters. The molecular weight excluding hydrogens is 392 g/mol. The second-order valence-electron chi connectivity index (χ2n) is 6.30. The normalized spacial score (nSPS) is 16.3. The van der Waals surface area contributed by atoms with Gasteiger partial charge in [-0.25, -0.2) is 9.69 Å². The average Bonchev–Trinajstić information content (AvgIpc) is 2.72. The third kappa shape index (κ3) is 4.30. The van der Waals surface area contributed by atoms with Gasteiger partial charge in [-0.05, 0) is 55.0 Å². The molecule has 0 radical (unpaired) electrons. The van der Waals surface area contributed by atoms with Crippen LogP contribution in [0.3, 0.4) is 0 Å². The first-order chi connectivity index (χ1) is 14.3. The van der Waals surface area contributed by atoms with Crippen LogP contribution in [-0.4, -0.2) is 37.0 Å². The molecule has 1 N–H and O–H groups in total. The summed E-state index contributed by atoms with van der Waals surface area (Å²) >= 11 is 0. The molecule has 1 saturated heterocycles. The van der Waals surface area contributed by atoms with E-state index >= 15 is 0 Å². The van der Waals surface area contributed by atoms with Crippen LogP contribution in [0.2, 0.25) is 0 Å². The van der Waals surface area contributed by atoms with E-state index in [1.54, 1.807) is 24.3 Å². The number of carboxylic acid groups (broad SMARTS) is 1. The van der Waals surface area contributed by atoms with E-state index in [1.807, 2.05) is 0 Å². The Morgan fingerprint density at radius 2 is 1.63 bits per heavy atom. The van der Waals surface area contributed by atoms with Crippen LogP contribution < -0.4 is 24.8 Å². The molecule has 4 amide bonds. The number of barbiturate groups is 1. The van der Waals surface area contributed by atoms with Crippen molar-refractivity contribution in [2.45, 2.75) is 13.0 Å². The molecule has 3 rings (SSSR count). The molecule has 1 aliphatic heterocycles. The van der Waals surface area contributed by atoms with Crippen molar-refractivity contribution >= 4 is 35.6 Å². The van der Waals surface area contributed by atoms with Gasteiger partial charge in [-0.15, -0.1) is 0 Å². The maximum absolute atomic E-state index is 12.8. The zero-order chi connectivity index (χ0) is 21.8. The fourth-order valence-corrected chi connectivity index (χ4v) is 2.68. The van der Waals surface area contributed by atoms with Gasteiger partial charge in [0.2, 0.25) is 0 Å². The minimum absolute atomic E-state index is 0.234. The molecule has 0 aromatic heterocycles. The Morgan fingerprint density at radius 1 is 1.03 bits per heavy atom. The number of methoxy groups -OCH3 is 1. The molecule has 2 aromatic carbocycles. The molecule has 154 valence electrons. The fourth-order valence-electron chi connectivity index (χ4n) is 2.68. The quantitative estimate of drug-likeness (QED) is 0.554. The Hall–Kier alpha value is -4.14. The van der Waals surface area contributed by atoms with Gasteiger partial charge in [-0.1, -0.05) is 12.1 Å². The summed E-state index contributed by atoms with van der Waals surface area (Å²) in [5.41, 5.74) is 0.518. The second kappa shape index (κ2) is 8.48. The van der Waals surface area contributed by atoms with Crippen molar-refractivity contribution in [2.75, 3.05) is 12.0 Å². The molecule has 1 aliphatic rings. The molecule has 30 heavy (non-hydrogen) atoms. The molecule has 0 bridgehead atoms. The van der Waals surface area contributed by atoms with Crippen LogP contribution in [0, 0.1) is 0 Å². The van der Waals surface area contributed by atoms with Gasteiger partial charge >= 0.3 is 6.03 Å². The predicted octanol–water partition coefficient (Wildman–Crippen LogP) is 0.879. The molecule has 1 heterocycles. The SMILES string of the molecule is COc1ccc(N2C(=O)NC(=O)/C(=C\c3ccc(O[C@H](C)C(=O)[O-])cc3)C2=O)cc1. The highest BCUT2D eigenvalue weighted by atomic mass is 16.5. The maximum atomic E-state index is 12.8. The van der Waals surface area contributed by atoms with Crippen molar-refractivity contribution in [3.8, 4) is 11.5 Å². The second-order valence-corrected chi connectivity index (χ2v) is 6.30. The minimum atomic E-state index is -1.35. The van der Waals surface area contributed by atoms with Crippen molar-refractivity contribution in [1.82, 2.24) is 5.32 Å². The third-order valence-electron chi connectivity index (χ3n) is 4.27. The Kier molecular flexibility index (Phi) is 5.82. The predicted molar refractivity (Wildman–Crippen MR) is 104 cm³/mol. The van der Waals surface area contributed by atoms with Crippen LogP contribution in [0.4, 0.5) is 10.5 Å². The summed E-state index contributed by atoms with van der Waals surface area (Å²) in [7, 11) is 1.49. The largest absolute Gasteiger partial charge is 0.546 e. The van der Waals surface area contributed by atoms with Crippen LogP contribution in [-0.2, 0) is 14.4 Å². The van der Waals surface area contributed by atoms with Gasteiger partial charge in [-0.3, -0.25) is 14.9 Å². The number of ether oxygens (including phenoxy) is 2. The number of benzene rings is 2. The lowest BCUT2D eigenvalue weighted by atomic mass is 10.1. The Labute approximate surface area is 171 Å². The van der Waals surface area contributed by atoms with Crippen LogP contribution in [0.5, 0.6) is 11.5 Å². The summed E-state index contributed by atoms with van der Waals surface area (Å²) in [6.07, 6.45) is 0.191. The first-order valence-corrected chi connectivity index (χ1v) is 8.83. The monoisotopic (exact) mass is 409 g/mol. The van der Waals surface area contributed by atoms with E-state index in [9.17, 15) is 24.3 Å². The fraction of sp³-hybridized carbons (Fsp3) is 0.143. The maximum Gasteiger partial charge on any atom is 0.335 e. The van der Waals surface area contributed by atoms with Crippen molar-refractivity contribution in [1.29, 1.82) is 0 Å². The lowest BCUT2D eigenvalue weighted by Crippen LogP contribution is -2.54. The first-order valence-electron chi connectivity index (χ1n) is 8.83. The van der Waals surface area contributed by atoms with Crippen molar-refractivity contribution < 1.29 is 33.8 Å². The van der Waals surface area contributed by atoms with Crippen LogP contribution >= 0.6 is 0 Å². The molecule has 9 heteroatoms. The summed E-state index contributed by atoms with van der Waals surface area (Å²) < 4.78 is 10.2. The number of nitrogens with one attached hydrogen (secondary N) is 1. The molecule has 0 saturated carbocycles. The van der Waals surface area contributed by atoms with Crippen molar-refractivity contribution in [2.24, 2.45) is 0 Å². The summed E-state index contributed by atoms with van der Waals surface area (Å²) in [5, 5.41) is 12.9. The first kappa shape index (κ1) is 20.6. The average molecular weight is 409 g/mol. The molecule has 2 aromatic rings. The van der Waals surface area contributed by atoms with Gasteiger partial charge in [0.1, 0.15) is 23.2 Å². The molecule has 1 atom stereocenters. The number of amides is 4. The minimum Gasteiger partial charge on any atom is -0.546 e. The van der Waals surface area contributed by atoms with E-state index < -0.39 is 29.9 Å². The highest BCUT2D eigenvalue weighted by Gasteiger charge is 2.36. The number of anilines is 1. The van der Waals surface area contributed by atoms with Crippen LogP contribution in [0.1, 0.15) is 12.5 Å². The van der Waals surface area contributed by atoms with E-state index in [2.05, 4.69) is 5.32 Å².